The van der Waals surface area contributed by atoms with Crippen LogP contribution in [0.15, 0.2) is 52.4 Å². The number of ether oxygens (including phenoxy) is 2. The molecular weight excluding hydrogens is 411 g/mol. The number of thioether (sulfide) groups is 1. The van der Waals surface area contributed by atoms with Crippen LogP contribution >= 0.6 is 11.8 Å². The maximum absolute atomic E-state index is 13.1. The Balaban J connectivity index is 1.87. The van der Waals surface area contributed by atoms with E-state index in [4.69, 9.17) is 14.6 Å². The second-order valence-electron chi connectivity index (χ2n) is 6.12. The van der Waals surface area contributed by atoms with E-state index in [0.717, 1.165) is 0 Å². The van der Waals surface area contributed by atoms with E-state index >= 15 is 0 Å². The SMILES string of the molecule is CCN1C(=O)/C(=C\c2ccc(OCC(=O)O)c(OC)c2)SC1=Nc1ccc(F)cc1. The number of benzene rings is 2. The molecule has 0 atom stereocenters. The van der Waals surface area contributed by atoms with Crippen molar-refractivity contribution in [1.82, 2.24) is 4.90 Å². The van der Waals surface area contributed by atoms with E-state index in [2.05, 4.69) is 4.99 Å². The highest BCUT2D eigenvalue weighted by molar-refractivity contribution is 8.18. The Kier molecular flexibility index (Phi) is 6.73. The molecule has 156 valence electrons. The van der Waals surface area contributed by atoms with Gasteiger partial charge in [0.2, 0.25) is 0 Å². The standard InChI is InChI=1S/C21H19FN2O5S/c1-3-24-20(27)18(30-21(24)23-15-7-5-14(22)6-8-15)11-13-4-9-16(17(10-13)28-2)29-12-19(25)26/h4-11H,3,12H2,1-2H3,(H,25,26)/b18-11+,23-21?. The molecule has 2 aromatic carbocycles. The smallest absolute Gasteiger partial charge is 0.341 e. The van der Waals surface area contributed by atoms with Gasteiger partial charge in [-0.1, -0.05) is 6.07 Å². The predicted octanol–water partition coefficient (Wildman–Crippen LogP) is 3.92. The van der Waals surface area contributed by atoms with Crippen molar-refractivity contribution in [3.05, 3.63) is 58.8 Å². The lowest BCUT2D eigenvalue weighted by Gasteiger charge is -2.12. The first-order valence-corrected chi connectivity index (χ1v) is 9.81. The Bertz CT molecular complexity index is 1020. The molecule has 1 heterocycles. The maximum Gasteiger partial charge on any atom is 0.341 e. The summed E-state index contributed by atoms with van der Waals surface area (Å²) < 4.78 is 23.6. The molecule has 0 saturated carbocycles. The molecule has 0 radical (unpaired) electrons. The number of halogens is 1. The first-order valence-electron chi connectivity index (χ1n) is 8.99. The van der Waals surface area contributed by atoms with Crippen LogP contribution in [0.3, 0.4) is 0 Å². The minimum Gasteiger partial charge on any atom is -0.493 e. The summed E-state index contributed by atoms with van der Waals surface area (Å²) in [6, 6.07) is 10.7. The number of carbonyl (C=O) groups is 2. The first-order chi connectivity index (χ1) is 14.4. The molecule has 9 heteroatoms. The van der Waals surface area contributed by atoms with Crippen LogP contribution in [0.25, 0.3) is 6.08 Å². The fourth-order valence-electron chi connectivity index (χ4n) is 2.68. The fourth-order valence-corrected chi connectivity index (χ4v) is 3.74. The van der Waals surface area contributed by atoms with E-state index in [0.29, 0.717) is 39.4 Å². The van der Waals surface area contributed by atoms with E-state index in [9.17, 15) is 14.0 Å². The normalized spacial score (nSPS) is 16.4. The number of hydrogen-bond donors (Lipinski definition) is 1. The van der Waals surface area contributed by atoms with Crippen LogP contribution < -0.4 is 9.47 Å². The van der Waals surface area contributed by atoms with Crippen LogP contribution in [0, 0.1) is 5.82 Å². The lowest BCUT2D eigenvalue weighted by atomic mass is 10.2. The number of rotatable bonds is 7. The van der Waals surface area contributed by atoms with Crippen molar-refractivity contribution < 1.29 is 28.6 Å². The minimum atomic E-state index is -1.09. The van der Waals surface area contributed by atoms with Crippen LogP contribution in [-0.2, 0) is 9.59 Å². The molecule has 3 rings (SSSR count). The monoisotopic (exact) mass is 430 g/mol. The third-order valence-electron chi connectivity index (χ3n) is 4.09. The van der Waals surface area contributed by atoms with Gasteiger partial charge in [-0.2, -0.15) is 0 Å². The average molecular weight is 430 g/mol. The molecule has 30 heavy (non-hydrogen) atoms. The number of carboxylic acid groups (broad SMARTS) is 1. The summed E-state index contributed by atoms with van der Waals surface area (Å²) in [4.78, 5) is 29.9. The van der Waals surface area contributed by atoms with Crippen LogP contribution in [0.2, 0.25) is 0 Å². The fraction of sp³-hybridized carbons (Fsp3) is 0.190. The van der Waals surface area contributed by atoms with Gasteiger partial charge in [-0.3, -0.25) is 9.69 Å². The Morgan fingerprint density at radius 1 is 1.23 bits per heavy atom. The van der Waals surface area contributed by atoms with Gasteiger partial charge in [0, 0.05) is 6.54 Å². The average Bonchev–Trinajstić information content (AvgIpc) is 3.02. The van der Waals surface area contributed by atoms with Gasteiger partial charge in [0.05, 0.1) is 17.7 Å². The Morgan fingerprint density at radius 2 is 1.97 bits per heavy atom. The molecule has 0 unspecified atom stereocenters. The highest BCUT2D eigenvalue weighted by atomic mass is 32.2. The lowest BCUT2D eigenvalue weighted by Crippen LogP contribution is -2.28. The third-order valence-corrected chi connectivity index (χ3v) is 5.10. The summed E-state index contributed by atoms with van der Waals surface area (Å²) in [7, 11) is 1.45. The number of aliphatic imine (C=N–C) groups is 1. The van der Waals surface area contributed by atoms with E-state index in [-0.39, 0.29) is 11.7 Å². The second kappa shape index (κ2) is 9.45. The van der Waals surface area contributed by atoms with E-state index < -0.39 is 12.6 Å². The van der Waals surface area contributed by atoms with Gasteiger partial charge in [-0.15, -0.1) is 0 Å². The number of nitrogens with zero attached hydrogens (tertiary/aromatic N) is 2. The molecule has 7 nitrogen and oxygen atoms in total. The number of likely N-dealkylation sites (N-methyl/N-ethyl adjacent to an activating group) is 1. The van der Waals surface area contributed by atoms with E-state index in [1.54, 1.807) is 41.3 Å². The molecule has 0 bridgehead atoms. The number of aliphatic carboxylic acids is 1. The van der Waals surface area contributed by atoms with E-state index in [1.807, 2.05) is 6.92 Å². The zero-order valence-corrected chi connectivity index (χ0v) is 17.1. The molecular formula is C21H19FN2O5S. The zero-order chi connectivity index (χ0) is 21.7. The highest BCUT2D eigenvalue weighted by Crippen LogP contribution is 2.35. The predicted molar refractivity (Wildman–Crippen MR) is 113 cm³/mol. The molecule has 1 aliphatic heterocycles. The molecule has 1 amide bonds. The Morgan fingerprint density at radius 3 is 2.60 bits per heavy atom. The van der Waals surface area contributed by atoms with Crippen molar-refractivity contribution in [3.63, 3.8) is 0 Å². The molecule has 2 aromatic rings. The molecule has 1 aliphatic rings. The Labute approximate surface area is 176 Å². The summed E-state index contributed by atoms with van der Waals surface area (Å²) in [6.07, 6.45) is 1.70. The lowest BCUT2D eigenvalue weighted by molar-refractivity contribution is -0.139. The molecule has 0 aliphatic carbocycles. The largest absolute Gasteiger partial charge is 0.493 e. The number of hydrogen-bond acceptors (Lipinski definition) is 6. The van der Waals surface area contributed by atoms with Gasteiger partial charge in [0.1, 0.15) is 5.82 Å². The van der Waals surface area contributed by atoms with Crippen molar-refractivity contribution in [3.8, 4) is 11.5 Å². The van der Waals surface area contributed by atoms with Gasteiger partial charge in [-0.05, 0) is 66.7 Å². The van der Waals surface area contributed by atoms with Gasteiger partial charge in [0.25, 0.3) is 5.91 Å². The summed E-state index contributed by atoms with van der Waals surface area (Å²) in [5, 5.41) is 9.26. The van der Waals surface area contributed by atoms with Crippen molar-refractivity contribution in [2.45, 2.75) is 6.92 Å². The summed E-state index contributed by atoms with van der Waals surface area (Å²) in [5.41, 5.74) is 1.23. The third kappa shape index (κ3) is 4.98. The van der Waals surface area contributed by atoms with Crippen molar-refractivity contribution in [2.24, 2.45) is 4.99 Å². The zero-order valence-electron chi connectivity index (χ0n) is 16.3. The molecule has 1 saturated heterocycles. The Hall–Kier alpha value is -3.33. The number of methoxy groups -OCH3 is 1. The highest BCUT2D eigenvalue weighted by Gasteiger charge is 2.32. The first kappa shape index (κ1) is 21.4. The van der Waals surface area contributed by atoms with Crippen LogP contribution in [0.4, 0.5) is 10.1 Å². The van der Waals surface area contributed by atoms with Crippen LogP contribution in [0.5, 0.6) is 11.5 Å². The molecule has 0 spiro atoms. The summed E-state index contributed by atoms with van der Waals surface area (Å²) >= 11 is 1.22. The van der Waals surface area contributed by atoms with Crippen LogP contribution in [-0.4, -0.2) is 47.3 Å². The summed E-state index contributed by atoms with van der Waals surface area (Å²) in [5.74, 6) is -0.987. The van der Waals surface area contributed by atoms with Gasteiger partial charge >= 0.3 is 5.97 Å². The quantitative estimate of drug-likeness (QED) is 0.670. The van der Waals surface area contributed by atoms with Crippen molar-refractivity contribution in [1.29, 1.82) is 0 Å². The van der Waals surface area contributed by atoms with E-state index in [1.165, 1.54) is 31.0 Å². The number of amidine groups is 1. The minimum absolute atomic E-state index is 0.187. The maximum atomic E-state index is 13.1. The summed E-state index contributed by atoms with van der Waals surface area (Å²) in [6.45, 7) is 1.80. The number of carboxylic acids is 1. The van der Waals surface area contributed by atoms with Crippen LogP contribution in [0.1, 0.15) is 12.5 Å². The van der Waals surface area contributed by atoms with Gasteiger partial charge in [0.15, 0.2) is 23.3 Å². The second-order valence-corrected chi connectivity index (χ2v) is 7.13. The molecule has 1 N–H and O–H groups in total. The topological polar surface area (TPSA) is 88.4 Å². The number of carbonyl (C=O) groups excluding carboxylic acids is 1. The van der Waals surface area contributed by atoms with Gasteiger partial charge < -0.3 is 14.6 Å². The van der Waals surface area contributed by atoms with Crippen molar-refractivity contribution >= 4 is 40.6 Å². The van der Waals surface area contributed by atoms with Gasteiger partial charge in [-0.25, -0.2) is 14.2 Å². The molecule has 0 aromatic heterocycles. The molecule has 1 fully saturated rings. The number of amides is 1. The van der Waals surface area contributed by atoms with Crippen molar-refractivity contribution in [2.75, 3.05) is 20.3 Å².